The summed E-state index contributed by atoms with van der Waals surface area (Å²) < 4.78 is 0. The van der Waals surface area contributed by atoms with Crippen LogP contribution >= 0.6 is 0 Å². The second kappa shape index (κ2) is 7.24. The van der Waals surface area contributed by atoms with Crippen molar-refractivity contribution < 1.29 is 5.11 Å². The summed E-state index contributed by atoms with van der Waals surface area (Å²) in [6.07, 6.45) is 7.56. The Morgan fingerprint density at radius 2 is 2.00 bits per heavy atom. The average molecular weight is 199 g/mol. The molecule has 0 aromatic carbocycles. The lowest BCUT2D eigenvalue weighted by Crippen LogP contribution is -2.31. The van der Waals surface area contributed by atoms with Crippen molar-refractivity contribution in [3.63, 3.8) is 0 Å². The summed E-state index contributed by atoms with van der Waals surface area (Å²) in [6.45, 7) is 5.03. The van der Waals surface area contributed by atoms with Crippen LogP contribution in [0.25, 0.3) is 0 Å². The van der Waals surface area contributed by atoms with E-state index < -0.39 is 0 Å². The molecule has 1 atom stereocenters. The maximum Gasteiger partial charge on any atom is 0.0431 e. The lowest BCUT2D eigenvalue weighted by molar-refractivity contribution is 0.206. The molecule has 0 saturated carbocycles. The number of hydrogen-bond donors (Lipinski definition) is 2. The molecule has 0 spiro atoms. The molecule has 0 radical (unpaired) electrons. The molecular formula is C12H25NO. The molecule has 84 valence electrons. The largest absolute Gasteiger partial charge is 0.396 e. The highest BCUT2D eigenvalue weighted by atomic mass is 16.2. The van der Waals surface area contributed by atoms with Gasteiger partial charge in [-0.25, -0.2) is 0 Å². The molecule has 2 nitrogen and oxygen atoms in total. The molecule has 1 fully saturated rings. The fourth-order valence-electron chi connectivity index (χ4n) is 2.66. The van der Waals surface area contributed by atoms with Gasteiger partial charge in [0.1, 0.15) is 0 Å². The van der Waals surface area contributed by atoms with Gasteiger partial charge >= 0.3 is 0 Å². The SMILES string of the molecule is CCCC(CCCO)C1CCNCC1. The molecule has 0 bridgehead atoms. The normalized spacial score (nSPS) is 21.0. The number of piperidine rings is 1. The van der Waals surface area contributed by atoms with Gasteiger partial charge in [0.25, 0.3) is 0 Å². The third kappa shape index (κ3) is 3.97. The molecule has 2 N–H and O–H groups in total. The molecule has 2 heteroatoms. The van der Waals surface area contributed by atoms with E-state index in [0.717, 1.165) is 18.3 Å². The zero-order valence-electron chi connectivity index (χ0n) is 9.47. The molecule has 1 aliphatic heterocycles. The maximum absolute atomic E-state index is 8.87. The first-order valence-corrected chi connectivity index (χ1v) is 6.20. The van der Waals surface area contributed by atoms with Gasteiger partial charge in [0.2, 0.25) is 0 Å². The van der Waals surface area contributed by atoms with E-state index in [2.05, 4.69) is 12.2 Å². The van der Waals surface area contributed by atoms with E-state index in [9.17, 15) is 0 Å². The van der Waals surface area contributed by atoms with Crippen LogP contribution < -0.4 is 5.32 Å². The minimum atomic E-state index is 0.366. The molecule has 1 aliphatic rings. The van der Waals surface area contributed by atoms with Crippen molar-refractivity contribution in [3.8, 4) is 0 Å². The van der Waals surface area contributed by atoms with E-state index in [1.807, 2.05) is 0 Å². The van der Waals surface area contributed by atoms with E-state index in [4.69, 9.17) is 5.11 Å². The highest BCUT2D eigenvalue weighted by Gasteiger charge is 2.21. The Balaban J connectivity index is 2.30. The van der Waals surface area contributed by atoms with Gasteiger partial charge in [0.15, 0.2) is 0 Å². The van der Waals surface area contributed by atoms with Gasteiger partial charge in [-0.05, 0) is 50.6 Å². The topological polar surface area (TPSA) is 32.3 Å². The first kappa shape index (κ1) is 12.0. The van der Waals surface area contributed by atoms with Crippen molar-refractivity contribution in [2.75, 3.05) is 19.7 Å². The lowest BCUT2D eigenvalue weighted by Gasteiger charge is -2.30. The maximum atomic E-state index is 8.87. The van der Waals surface area contributed by atoms with Crippen LogP contribution in [-0.2, 0) is 0 Å². The number of aliphatic hydroxyl groups is 1. The molecule has 0 aliphatic carbocycles. The number of nitrogens with one attached hydrogen (secondary N) is 1. The molecule has 0 amide bonds. The molecule has 1 saturated heterocycles. The van der Waals surface area contributed by atoms with Crippen molar-refractivity contribution in [1.82, 2.24) is 5.32 Å². The van der Waals surface area contributed by atoms with Crippen LogP contribution in [0.5, 0.6) is 0 Å². The molecule has 0 aromatic heterocycles. The zero-order valence-corrected chi connectivity index (χ0v) is 9.47. The summed E-state index contributed by atoms with van der Waals surface area (Å²) in [5.74, 6) is 1.79. The molecule has 1 unspecified atom stereocenters. The quantitative estimate of drug-likeness (QED) is 0.687. The summed E-state index contributed by atoms with van der Waals surface area (Å²) in [7, 11) is 0. The van der Waals surface area contributed by atoms with Crippen molar-refractivity contribution in [3.05, 3.63) is 0 Å². The Morgan fingerprint density at radius 1 is 1.29 bits per heavy atom. The number of hydrogen-bond acceptors (Lipinski definition) is 2. The monoisotopic (exact) mass is 199 g/mol. The first-order chi connectivity index (χ1) is 6.88. The van der Waals surface area contributed by atoms with Gasteiger partial charge in [-0.2, -0.15) is 0 Å². The van der Waals surface area contributed by atoms with Gasteiger partial charge in [-0.15, -0.1) is 0 Å². The lowest BCUT2D eigenvalue weighted by atomic mass is 9.80. The van der Waals surface area contributed by atoms with Crippen molar-refractivity contribution in [2.24, 2.45) is 11.8 Å². The predicted octanol–water partition coefficient (Wildman–Crippen LogP) is 2.17. The Bertz CT molecular complexity index is 132. The van der Waals surface area contributed by atoms with Gasteiger partial charge in [0.05, 0.1) is 0 Å². The second-order valence-electron chi connectivity index (χ2n) is 4.50. The first-order valence-electron chi connectivity index (χ1n) is 6.20. The van der Waals surface area contributed by atoms with Gasteiger partial charge in [0, 0.05) is 6.61 Å². The van der Waals surface area contributed by atoms with Crippen molar-refractivity contribution >= 4 is 0 Å². The van der Waals surface area contributed by atoms with E-state index in [1.54, 1.807) is 0 Å². The van der Waals surface area contributed by atoms with Crippen LogP contribution in [0.15, 0.2) is 0 Å². The van der Waals surface area contributed by atoms with Gasteiger partial charge < -0.3 is 10.4 Å². The molecule has 14 heavy (non-hydrogen) atoms. The smallest absolute Gasteiger partial charge is 0.0431 e. The van der Waals surface area contributed by atoms with Crippen LogP contribution in [0.4, 0.5) is 0 Å². The highest BCUT2D eigenvalue weighted by molar-refractivity contribution is 4.75. The number of rotatable bonds is 6. The third-order valence-electron chi connectivity index (χ3n) is 3.44. The Morgan fingerprint density at radius 3 is 2.57 bits per heavy atom. The van der Waals surface area contributed by atoms with E-state index in [0.29, 0.717) is 6.61 Å². The zero-order chi connectivity index (χ0) is 10.2. The Hall–Kier alpha value is -0.0800. The third-order valence-corrected chi connectivity index (χ3v) is 3.44. The predicted molar refractivity (Wildman–Crippen MR) is 60.3 cm³/mol. The second-order valence-corrected chi connectivity index (χ2v) is 4.50. The van der Waals surface area contributed by atoms with Gasteiger partial charge in [-0.1, -0.05) is 19.8 Å². The van der Waals surface area contributed by atoms with Crippen LogP contribution in [0.3, 0.4) is 0 Å². The average Bonchev–Trinajstić information content (AvgIpc) is 2.25. The fourth-order valence-corrected chi connectivity index (χ4v) is 2.66. The highest BCUT2D eigenvalue weighted by Crippen LogP contribution is 2.29. The molecule has 0 aromatic rings. The summed E-state index contributed by atoms with van der Waals surface area (Å²) in [5, 5.41) is 12.3. The Kier molecular flexibility index (Phi) is 6.20. The summed E-state index contributed by atoms with van der Waals surface area (Å²) in [5.41, 5.74) is 0. The van der Waals surface area contributed by atoms with Crippen LogP contribution in [0.1, 0.15) is 45.4 Å². The van der Waals surface area contributed by atoms with Crippen LogP contribution in [0, 0.1) is 11.8 Å². The summed E-state index contributed by atoms with van der Waals surface area (Å²) in [6, 6.07) is 0. The minimum absolute atomic E-state index is 0.366. The molecular weight excluding hydrogens is 174 g/mol. The van der Waals surface area contributed by atoms with Crippen molar-refractivity contribution in [2.45, 2.75) is 45.4 Å². The van der Waals surface area contributed by atoms with Crippen molar-refractivity contribution in [1.29, 1.82) is 0 Å². The van der Waals surface area contributed by atoms with E-state index >= 15 is 0 Å². The Labute approximate surface area is 88.1 Å². The fraction of sp³-hybridized carbons (Fsp3) is 1.00. The number of aliphatic hydroxyl groups excluding tert-OH is 1. The van der Waals surface area contributed by atoms with Gasteiger partial charge in [-0.3, -0.25) is 0 Å². The minimum Gasteiger partial charge on any atom is -0.396 e. The van der Waals surface area contributed by atoms with E-state index in [1.165, 1.54) is 45.2 Å². The standard InChI is InChI=1S/C12H25NO/c1-2-4-11(5-3-10-14)12-6-8-13-9-7-12/h11-14H,2-10H2,1H3. The molecule has 1 rings (SSSR count). The summed E-state index contributed by atoms with van der Waals surface area (Å²) >= 11 is 0. The van der Waals surface area contributed by atoms with Crippen LogP contribution in [-0.4, -0.2) is 24.8 Å². The van der Waals surface area contributed by atoms with Crippen LogP contribution in [0.2, 0.25) is 0 Å². The van der Waals surface area contributed by atoms with E-state index in [-0.39, 0.29) is 0 Å². The molecule has 1 heterocycles. The summed E-state index contributed by atoms with van der Waals surface area (Å²) in [4.78, 5) is 0.